The van der Waals surface area contributed by atoms with Crippen LogP contribution < -0.4 is 4.74 Å². The van der Waals surface area contributed by atoms with Crippen LogP contribution in [0.3, 0.4) is 0 Å². The van der Waals surface area contributed by atoms with Crippen molar-refractivity contribution in [1.29, 1.82) is 0 Å². The van der Waals surface area contributed by atoms with Crippen LogP contribution in [0.4, 0.5) is 4.39 Å². The zero-order valence-corrected chi connectivity index (χ0v) is 15.4. The Labute approximate surface area is 152 Å². The maximum Gasteiger partial charge on any atom is 0.189 e. The summed E-state index contributed by atoms with van der Waals surface area (Å²) < 4.78 is 30.9. The highest BCUT2D eigenvalue weighted by atomic mass is 19.1. The molecule has 3 rings (SSSR count). The lowest BCUT2D eigenvalue weighted by atomic mass is 9.71. The summed E-state index contributed by atoms with van der Waals surface area (Å²) in [6.45, 7) is 4.10. The number of carbonyl (C=O) groups is 1. The number of carbonyl (C=O) groups excluding carboxylic acids is 1. The van der Waals surface area contributed by atoms with Crippen LogP contribution in [0.25, 0.3) is 0 Å². The molecule has 6 heteroatoms. The lowest BCUT2D eigenvalue weighted by Crippen LogP contribution is -2.45. The molecule has 2 aliphatic rings. The summed E-state index contributed by atoms with van der Waals surface area (Å²) in [7, 11) is 1.38. The molecule has 142 valence electrons. The van der Waals surface area contributed by atoms with E-state index < -0.39 is 11.4 Å². The van der Waals surface area contributed by atoms with Gasteiger partial charge in [0.05, 0.1) is 7.11 Å². The lowest BCUT2D eigenvalue weighted by Gasteiger charge is -2.38. The summed E-state index contributed by atoms with van der Waals surface area (Å²) in [5.41, 5.74) is -0.348. The number of aromatic hydroxyl groups is 1. The standard InChI is InChI=1S/C20H25FO5/c1-4-5-13-10-20(19(9-16(13)22)25-11-26-20)12(2)6-14-7-17(23)18(24-3)8-15(14)21/h7-9,12-13,23H,4-6,10-11H2,1-3H3/t12-,13+,20-/m1/s1. The molecular formula is C20H25FO5. The average molecular weight is 364 g/mol. The number of allylic oxidation sites excluding steroid dienone is 1. The van der Waals surface area contributed by atoms with Gasteiger partial charge in [-0.25, -0.2) is 4.39 Å². The summed E-state index contributed by atoms with van der Waals surface area (Å²) in [6.07, 6.45) is 4.13. The predicted molar refractivity (Wildman–Crippen MR) is 93.4 cm³/mol. The number of hydrogen-bond donors (Lipinski definition) is 1. The number of ether oxygens (including phenoxy) is 3. The molecule has 0 bridgehead atoms. The van der Waals surface area contributed by atoms with Gasteiger partial charge in [0.15, 0.2) is 24.1 Å². The maximum absolute atomic E-state index is 14.4. The monoisotopic (exact) mass is 364 g/mol. The minimum absolute atomic E-state index is 0.0726. The average Bonchev–Trinajstić information content (AvgIpc) is 3.02. The molecule has 3 atom stereocenters. The molecule has 0 aromatic heterocycles. The van der Waals surface area contributed by atoms with Crippen LogP contribution in [0, 0.1) is 17.7 Å². The Morgan fingerprint density at radius 3 is 2.92 bits per heavy atom. The molecule has 1 saturated heterocycles. The number of hydrogen-bond acceptors (Lipinski definition) is 5. The number of halogens is 1. The van der Waals surface area contributed by atoms with E-state index >= 15 is 0 Å². The largest absolute Gasteiger partial charge is 0.504 e. The molecule has 1 heterocycles. The molecule has 0 spiro atoms. The molecule has 1 aliphatic carbocycles. The highest BCUT2D eigenvalue weighted by Crippen LogP contribution is 2.46. The van der Waals surface area contributed by atoms with Crippen LogP contribution >= 0.6 is 0 Å². The van der Waals surface area contributed by atoms with E-state index in [-0.39, 0.29) is 35.9 Å². The van der Waals surface area contributed by atoms with Gasteiger partial charge in [-0.1, -0.05) is 20.3 Å². The van der Waals surface area contributed by atoms with Gasteiger partial charge in [0.25, 0.3) is 0 Å². The first kappa shape index (κ1) is 18.7. The van der Waals surface area contributed by atoms with Gasteiger partial charge in [-0.15, -0.1) is 0 Å². The molecule has 0 radical (unpaired) electrons. The van der Waals surface area contributed by atoms with Crippen LogP contribution in [0.1, 0.15) is 38.7 Å². The van der Waals surface area contributed by atoms with Crippen molar-refractivity contribution in [2.45, 2.75) is 45.1 Å². The fraction of sp³-hybridized carbons (Fsp3) is 0.550. The smallest absolute Gasteiger partial charge is 0.189 e. The van der Waals surface area contributed by atoms with E-state index in [1.54, 1.807) is 6.08 Å². The van der Waals surface area contributed by atoms with Crippen LogP contribution in [0.2, 0.25) is 0 Å². The van der Waals surface area contributed by atoms with Gasteiger partial charge in [0, 0.05) is 18.1 Å². The molecule has 1 N–H and O–H groups in total. The topological polar surface area (TPSA) is 65.0 Å². The zero-order valence-electron chi connectivity index (χ0n) is 15.4. The molecule has 1 aliphatic heterocycles. The summed E-state index contributed by atoms with van der Waals surface area (Å²) >= 11 is 0. The van der Waals surface area contributed by atoms with Crippen LogP contribution in [0.15, 0.2) is 24.0 Å². The van der Waals surface area contributed by atoms with Crippen molar-refractivity contribution in [3.8, 4) is 11.5 Å². The van der Waals surface area contributed by atoms with E-state index in [9.17, 15) is 14.3 Å². The first-order valence-corrected chi connectivity index (χ1v) is 8.99. The van der Waals surface area contributed by atoms with Crippen molar-refractivity contribution in [3.05, 3.63) is 35.3 Å². The Morgan fingerprint density at radius 2 is 2.23 bits per heavy atom. The van der Waals surface area contributed by atoms with Crippen molar-refractivity contribution in [1.82, 2.24) is 0 Å². The molecule has 1 aromatic carbocycles. The lowest BCUT2D eigenvalue weighted by molar-refractivity contribution is -0.123. The number of fused-ring (bicyclic) bond motifs is 1. The van der Waals surface area contributed by atoms with Gasteiger partial charge in [-0.05, 0) is 36.8 Å². The Bertz CT molecular complexity index is 729. The third kappa shape index (κ3) is 3.18. The molecule has 5 nitrogen and oxygen atoms in total. The van der Waals surface area contributed by atoms with Crippen molar-refractivity contribution in [2.24, 2.45) is 11.8 Å². The van der Waals surface area contributed by atoms with E-state index in [0.29, 0.717) is 24.2 Å². The number of methoxy groups -OCH3 is 1. The number of rotatable bonds is 6. The second-order valence-electron chi connectivity index (χ2n) is 7.12. The van der Waals surface area contributed by atoms with E-state index in [1.807, 2.05) is 13.8 Å². The first-order valence-electron chi connectivity index (χ1n) is 8.99. The molecular weight excluding hydrogens is 339 g/mol. The Kier molecular flexibility index (Phi) is 5.23. The van der Waals surface area contributed by atoms with Gasteiger partial charge in [0.1, 0.15) is 17.2 Å². The van der Waals surface area contributed by atoms with E-state index in [2.05, 4.69) is 0 Å². The van der Waals surface area contributed by atoms with Crippen LogP contribution in [0.5, 0.6) is 11.5 Å². The van der Waals surface area contributed by atoms with Crippen molar-refractivity contribution >= 4 is 5.78 Å². The number of phenols is 1. The Morgan fingerprint density at radius 1 is 1.46 bits per heavy atom. The highest BCUT2D eigenvalue weighted by Gasteiger charge is 2.51. The molecule has 0 amide bonds. The Hall–Kier alpha value is -2.08. The highest BCUT2D eigenvalue weighted by molar-refractivity contribution is 5.93. The summed E-state index contributed by atoms with van der Waals surface area (Å²) in [5.74, 6) is -0.0682. The number of ketones is 1. The van der Waals surface area contributed by atoms with Crippen molar-refractivity contribution < 1.29 is 28.5 Å². The zero-order chi connectivity index (χ0) is 18.9. The van der Waals surface area contributed by atoms with E-state index in [1.165, 1.54) is 19.2 Å². The van der Waals surface area contributed by atoms with Gasteiger partial charge >= 0.3 is 0 Å². The third-order valence-electron chi connectivity index (χ3n) is 5.48. The molecule has 26 heavy (non-hydrogen) atoms. The number of benzene rings is 1. The van der Waals surface area contributed by atoms with E-state index in [0.717, 1.165) is 12.8 Å². The van der Waals surface area contributed by atoms with Gasteiger partial charge in [-0.3, -0.25) is 4.79 Å². The quantitative estimate of drug-likeness (QED) is 0.833. The first-order chi connectivity index (χ1) is 12.4. The maximum atomic E-state index is 14.4. The number of phenolic OH excluding ortho intramolecular Hbond substituents is 1. The van der Waals surface area contributed by atoms with Crippen molar-refractivity contribution in [3.63, 3.8) is 0 Å². The molecule has 1 aromatic rings. The van der Waals surface area contributed by atoms with Crippen LogP contribution in [-0.4, -0.2) is 30.4 Å². The second-order valence-corrected chi connectivity index (χ2v) is 7.12. The SMILES string of the molecule is CCC[C@H]1C[C@]2([C@H](C)Cc3cc(O)c(OC)cc3F)OCOC2=CC1=O. The fourth-order valence-electron chi connectivity index (χ4n) is 4.01. The second kappa shape index (κ2) is 7.27. The minimum Gasteiger partial charge on any atom is -0.504 e. The van der Waals surface area contributed by atoms with E-state index in [4.69, 9.17) is 14.2 Å². The molecule has 1 fully saturated rings. The molecule has 0 unspecified atom stereocenters. The predicted octanol–water partition coefficient (Wildman–Crippen LogP) is 3.73. The summed E-state index contributed by atoms with van der Waals surface area (Å²) in [6, 6.07) is 2.57. The fourth-order valence-corrected chi connectivity index (χ4v) is 4.01. The Balaban J connectivity index is 1.88. The van der Waals surface area contributed by atoms with Crippen molar-refractivity contribution in [2.75, 3.05) is 13.9 Å². The van der Waals surface area contributed by atoms with Gasteiger partial charge in [0.2, 0.25) is 0 Å². The van der Waals surface area contributed by atoms with Gasteiger partial charge < -0.3 is 19.3 Å². The third-order valence-corrected chi connectivity index (χ3v) is 5.48. The molecule has 0 saturated carbocycles. The normalized spacial score (nSPS) is 26.1. The van der Waals surface area contributed by atoms with Crippen LogP contribution in [-0.2, 0) is 20.7 Å². The van der Waals surface area contributed by atoms with Gasteiger partial charge in [-0.2, -0.15) is 0 Å². The minimum atomic E-state index is -0.726. The summed E-state index contributed by atoms with van der Waals surface area (Å²) in [5, 5.41) is 9.97. The summed E-state index contributed by atoms with van der Waals surface area (Å²) in [4.78, 5) is 12.3.